The van der Waals surface area contributed by atoms with Crippen LogP contribution in [-0.2, 0) is 0 Å². The molecule has 2 aromatic heterocycles. The Morgan fingerprint density at radius 1 is 1.04 bits per heavy atom. The summed E-state index contributed by atoms with van der Waals surface area (Å²) in [6.07, 6.45) is 6.79. The zero-order chi connectivity index (χ0) is 18.1. The van der Waals surface area contributed by atoms with Crippen LogP contribution >= 0.6 is 11.6 Å². The van der Waals surface area contributed by atoms with Gasteiger partial charge in [0.1, 0.15) is 0 Å². The van der Waals surface area contributed by atoms with Gasteiger partial charge in [-0.05, 0) is 50.5 Å². The second-order valence-corrected chi connectivity index (χ2v) is 7.01. The molecule has 0 unspecified atom stereocenters. The van der Waals surface area contributed by atoms with Gasteiger partial charge in [-0.15, -0.1) is 0 Å². The van der Waals surface area contributed by atoms with Crippen molar-refractivity contribution in [3.63, 3.8) is 0 Å². The molecule has 0 N–H and O–H groups in total. The van der Waals surface area contributed by atoms with Crippen molar-refractivity contribution in [2.75, 3.05) is 13.1 Å². The summed E-state index contributed by atoms with van der Waals surface area (Å²) in [6.45, 7) is 3.52. The van der Waals surface area contributed by atoms with E-state index in [2.05, 4.69) is 15.0 Å². The highest BCUT2D eigenvalue weighted by molar-refractivity contribution is 6.31. The van der Waals surface area contributed by atoms with Gasteiger partial charge in [-0.2, -0.15) is 0 Å². The summed E-state index contributed by atoms with van der Waals surface area (Å²) in [5.41, 5.74) is 4.39. The first-order valence-electron chi connectivity index (χ1n) is 8.80. The molecule has 3 aromatic rings. The number of hydrogen-bond acceptors (Lipinski definition) is 4. The second kappa shape index (κ2) is 7.00. The zero-order valence-electron chi connectivity index (χ0n) is 14.6. The van der Waals surface area contributed by atoms with E-state index in [0.717, 1.165) is 42.7 Å². The molecule has 0 bridgehead atoms. The third-order valence-electron chi connectivity index (χ3n) is 4.75. The lowest BCUT2D eigenvalue weighted by Gasteiger charge is -2.26. The SMILES string of the molecule is Cc1ncc(-c2cnc3ccc(C(=O)N4CCCCC4)cc3n2)cc1Cl. The molecule has 26 heavy (non-hydrogen) atoms. The van der Waals surface area contributed by atoms with Crippen LogP contribution in [0.1, 0.15) is 35.3 Å². The first kappa shape index (κ1) is 16.9. The molecule has 1 fully saturated rings. The Balaban J connectivity index is 1.70. The number of aromatic nitrogens is 3. The summed E-state index contributed by atoms with van der Waals surface area (Å²) < 4.78 is 0. The van der Waals surface area contributed by atoms with E-state index in [4.69, 9.17) is 11.6 Å². The van der Waals surface area contributed by atoms with E-state index >= 15 is 0 Å². The summed E-state index contributed by atoms with van der Waals surface area (Å²) in [7, 11) is 0. The maximum Gasteiger partial charge on any atom is 0.253 e. The third-order valence-corrected chi connectivity index (χ3v) is 5.14. The third kappa shape index (κ3) is 3.27. The number of fused-ring (bicyclic) bond motifs is 1. The molecular formula is C20H19ClN4O. The van der Waals surface area contributed by atoms with Gasteiger partial charge in [-0.3, -0.25) is 14.8 Å². The second-order valence-electron chi connectivity index (χ2n) is 6.60. The Labute approximate surface area is 157 Å². The molecule has 132 valence electrons. The number of likely N-dealkylation sites (tertiary alicyclic amines) is 1. The van der Waals surface area contributed by atoms with Crippen LogP contribution in [0.15, 0.2) is 36.7 Å². The molecule has 0 saturated carbocycles. The minimum Gasteiger partial charge on any atom is -0.339 e. The molecule has 3 heterocycles. The van der Waals surface area contributed by atoms with E-state index in [0.29, 0.717) is 21.8 Å². The number of carbonyl (C=O) groups is 1. The Morgan fingerprint density at radius 3 is 2.62 bits per heavy atom. The number of piperidine rings is 1. The van der Waals surface area contributed by atoms with E-state index in [1.807, 2.05) is 36.1 Å². The van der Waals surface area contributed by atoms with Crippen molar-refractivity contribution in [3.8, 4) is 11.3 Å². The van der Waals surface area contributed by atoms with Gasteiger partial charge in [0.05, 0.1) is 33.6 Å². The van der Waals surface area contributed by atoms with Gasteiger partial charge < -0.3 is 4.90 Å². The van der Waals surface area contributed by atoms with Crippen molar-refractivity contribution in [2.24, 2.45) is 0 Å². The minimum absolute atomic E-state index is 0.0684. The van der Waals surface area contributed by atoms with Crippen LogP contribution in [0.2, 0.25) is 5.02 Å². The van der Waals surface area contributed by atoms with Crippen molar-refractivity contribution in [1.82, 2.24) is 19.9 Å². The molecule has 6 heteroatoms. The van der Waals surface area contributed by atoms with Crippen LogP contribution in [-0.4, -0.2) is 38.8 Å². The molecule has 0 radical (unpaired) electrons. The molecule has 5 nitrogen and oxygen atoms in total. The average molecular weight is 367 g/mol. The van der Waals surface area contributed by atoms with Crippen LogP contribution in [0.5, 0.6) is 0 Å². The predicted octanol–water partition coefficient (Wildman–Crippen LogP) is 4.28. The van der Waals surface area contributed by atoms with Crippen LogP contribution < -0.4 is 0 Å². The van der Waals surface area contributed by atoms with Crippen molar-refractivity contribution in [3.05, 3.63) is 52.9 Å². The fourth-order valence-corrected chi connectivity index (χ4v) is 3.38. The summed E-state index contributed by atoms with van der Waals surface area (Å²) in [5, 5.41) is 0.596. The van der Waals surface area contributed by atoms with Gasteiger partial charge in [-0.25, -0.2) is 4.98 Å². The molecule has 0 atom stereocenters. The van der Waals surface area contributed by atoms with Gasteiger partial charge in [-0.1, -0.05) is 11.6 Å². The number of rotatable bonds is 2. The summed E-state index contributed by atoms with van der Waals surface area (Å²) in [6, 6.07) is 7.34. The summed E-state index contributed by atoms with van der Waals surface area (Å²) in [5.74, 6) is 0.0684. The quantitative estimate of drug-likeness (QED) is 0.679. The number of aryl methyl sites for hydroxylation is 1. The van der Waals surface area contributed by atoms with Gasteiger partial charge >= 0.3 is 0 Å². The molecule has 1 amide bonds. The minimum atomic E-state index is 0.0684. The number of amides is 1. The van der Waals surface area contributed by atoms with E-state index in [9.17, 15) is 4.79 Å². The van der Waals surface area contributed by atoms with Crippen LogP contribution in [0.4, 0.5) is 0 Å². The number of hydrogen-bond donors (Lipinski definition) is 0. The molecule has 1 aliphatic heterocycles. The summed E-state index contributed by atoms with van der Waals surface area (Å²) in [4.78, 5) is 28.1. The number of pyridine rings is 1. The maximum atomic E-state index is 12.7. The summed E-state index contributed by atoms with van der Waals surface area (Å²) >= 11 is 6.17. The highest BCUT2D eigenvalue weighted by atomic mass is 35.5. The zero-order valence-corrected chi connectivity index (χ0v) is 15.3. The Morgan fingerprint density at radius 2 is 1.85 bits per heavy atom. The van der Waals surface area contributed by atoms with E-state index < -0.39 is 0 Å². The van der Waals surface area contributed by atoms with Crippen LogP contribution in [0.3, 0.4) is 0 Å². The first-order valence-corrected chi connectivity index (χ1v) is 9.18. The van der Waals surface area contributed by atoms with Gasteiger partial charge in [0.15, 0.2) is 0 Å². The monoisotopic (exact) mass is 366 g/mol. The van der Waals surface area contributed by atoms with Crippen molar-refractivity contribution >= 4 is 28.5 Å². The lowest BCUT2D eigenvalue weighted by molar-refractivity contribution is 0.0724. The lowest BCUT2D eigenvalue weighted by Crippen LogP contribution is -2.35. The highest BCUT2D eigenvalue weighted by Crippen LogP contribution is 2.24. The predicted molar refractivity (Wildman–Crippen MR) is 102 cm³/mol. The molecule has 0 spiro atoms. The largest absolute Gasteiger partial charge is 0.339 e. The lowest BCUT2D eigenvalue weighted by atomic mass is 10.1. The fourth-order valence-electron chi connectivity index (χ4n) is 3.21. The van der Waals surface area contributed by atoms with Gasteiger partial charge in [0.25, 0.3) is 5.91 Å². The Hall–Kier alpha value is -2.53. The number of carbonyl (C=O) groups excluding carboxylic acids is 1. The van der Waals surface area contributed by atoms with Crippen molar-refractivity contribution in [2.45, 2.75) is 26.2 Å². The number of benzene rings is 1. The van der Waals surface area contributed by atoms with Crippen molar-refractivity contribution in [1.29, 1.82) is 0 Å². The highest BCUT2D eigenvalue weighted by Gasteiger charge is 2.18. The van der Waals surface area contributed by atoms with Gasteiger partial charge in [0.2, 0.25) is 0 Å². The standard InChI is InChI=1S/C20H19ClN4O/c1-13-16(21)9-15(11-22-13)19-12-23-17-6-5-14(10-18(17)24-19)20(26)25-7-3-2-4-8-25/h5-6,9-12H,2-4,7-8H2,1H3. The number of nitrogens with zero attached hydrogens (tertiary/aromatic N) is 4. The smallest absolute Gasteiger partial charge is 0.253 e. The molecule has 1 aliphatic rings. The van der Waals surface area contributed by atoms with Gasteiger partial charge in [0, 0.05) is 30.4 Å². The molecular weight excluding hydrogens is 348 g/mol. The Bertz CT molecular complexity index is 983. The molecule has 1 saturated heterocycles. The van der Waals surface area contributed by atoms with E-state index in [1.54, 1.807) is 12.4 Å². The first-order chi connectivity index (χ1) is 12.6. The molecule has 1 aromatic carbocycles. The fraction of sp³-hybridized carbons (Fsp3) is 0.300. The van der Waals surface area contributed by atoms with Crippen molar-refractivity contribution < 1.29 is 4.79 Å². The maximum absolute atomic E-state index is 12.7. The normalized spacial score (nSPS) is 14.6. The molecule has 0 aliphatic carbocycles. The van der Waals surface area contributed by atoms with E-state index in [-0.39, 0.29) is 5.91 Å². The van der Waals surface area contributed by atoms with Crippen LogP contribution in [0, 0.1) is 6.92 Å². The average Bonchev–Trinajstić information content (AvgIpc) is 2.69. The molecule has 4 rings (SSSR count). The van der Waals surface area contributed by atoms with Crippen LogP contribution in [0.25, 0.3) is 22.3 Å². The topological polar surface area (TPSA) is 59.0 Å². The van der Waals surface area contributed by atoms with E-state index in [1.165, 1.54) is 6.42 Å². The number of halogens is 1. The Kier molecular flexibility index (Phi) is 4.55.